The van der Waals surface area contributed by atoms with Gasteiger partial charge in [0.1, 0.15) is 0 Å². The minimum Gasteiger partial charge on any atom is -0.545 e. The summed E-state index contributed by atoms with van der Waals surface area (Å²) >= 11 is 0. The molecule has 78 valence electrons. The zero-order valence-corrected chi connectivity index (χ0v) is 8.62. The summed E-state index contributed by atoms with van der Waals surface area (Å²) in [7, 11) is 0. The van der Waals surface area contributed by atoms with E-state index in [2.05, 4.69) is 23.7 Å². The van der Waals surface area contributed by atoms with Crippen molar-refractivity contribution in [2.75, 3.05) is 0 Å². The number of aromatic carboxylic acids is 1. The lowest BCUT2D eigenvalue weighted by Crippen LogP contribution is -2.22. The maximum atomic E-state index is 10.5. The summed E-state index contributed by atoms with van der Waals surface area (Å²) in [5, 5.41) is 10.5. The number of rotatable bonds is 3. The fourth-order valence-electron chi connectivity index (χ4n) is 1.05. The van der Waals surface area contributed by atoms with Crippen LogP contribution < -0.4 is 5.11 Å². The largest absolute Gasteiger partial charge is 0.545 e. The number of carbonyl (C=O) groups is 1. The third-order valence-corrected chi connectivity index (χ3v) is 1.86. The highest BCUT2D eigenvalue weighted by Crippen LogP contribution is 2.00. The number of carboxylic acids is 1. The predicted octanol–water partition coefficient (Wildman–Crippen LogP) is 0.987. The number of hydrogen-bond donors (Lipinski definition) is 0. The lowest BCUT2D eigenvalue weighted by molar-refractivity contribution is -0.255. The molecule has 0 N–H and O–H groups in total. The van der Waals surface area contributed by atoms with Crippen LogP contribution in [0, 0.1) is 11.8 Å². The van der Waals surface area contributed by atoms with Gasteiger partial charge < -0.3 is 9.90 Å². The zero-order valence-electron chi connectivity index (χ0n) is 8.62. The molecular weight excluding hydrogens is 190 g/mol. The molecule has 15 heavy (non-hydrogen) atoms. The molecule has 0 atom stereocenters. The predicted molar refractivity (Wildman–Crippen MR) is 55.0 cm³/mol. The molecule has 0 fully saturated rings. The van der Waals surface area contributed by atoms with Gasteiger partial charge in [-0.3, -0.25) is 4.98 Å². The molecule has 0 unspecified atom stereocenters. The molecule has 0 saturated heterocycles. The van der Waals surface area contributed by atoms with Crippen LogP contribution in [0.4, 0.5) is 0 Å². The van der Waals surface area contributed by atoms with E-state index in [0.717, 1.165) is 19.3 Å². The minimum atomic E-state index is -1.22. The standard InChI is InChI=1S/C12H13NO2/c1-2-3-4-5-6-10-7-11(12(14)15)9-13-8-10/h7-9H,2-4H2,1H3,(H,14,15)/p-1. The first kappa shape index (κ1) is 11.3. The Kier molecular flexibility index (Phi) is 4.36. The Morgan fingerprint density at radius 3 is 3.00 bits per heavy atom. The zero-order chi connectivity index (χ0) is 11.1. The molecule has 0 bridgehead atoms. The van der Waals surface area contributed by atoms with Gasteiger partial charge in [-0.2, -0.15) is 0 Å². The molecule has 0 aliphatic rings. The van der Waals surface area contributed by atoms with E-state index in [0.29, 0.717) is 5.56 Å². The molecule has 0 saturated carbocycles. The molecule has 0 amide bonds. The lowest BCUT2D eigenvalue weighted by atomic mass is 10.2. The average molecular weight is 202 g/mol. The Labute approximate surface area is 89.2 Å². The monoisotopic (exact) mass is 202 g/mol. The number of pyridine rings is 1. The highest BCUT2D eigenvalue weighted by Gasteiger charge is 1.94. The molecule has 0 aliphatic carbocycles. The summed E-state index contributed by atoms with van der Waals surface area (Å²) in [6.45, 7) is 2.10. The molecule has 0 aromatic carbocycles. The van der Waals surface area contributed by atoms with E-state index in [1.807, 2.05) is 0 Å². The molecule has 1 aromatic rings. The first-order valence-electron chi connectivity index (χ1n) is 4.89. The second kappa shape index (κ2) is 5.82. The quantitative estimate of drug-likeness (QED) is 0.542. The van der Waals surface area contributed by atoms with Crippen molar-refractivity contribution in [3.63, 3.8) is 0 Å². The van der Waals surface area contributed by atoms with Gasteiger partial charge in [0.05, 0.1) is 5.97 Å². The van der Waals surface area contributed by atoms with Crippen molar-refractivity contribution in [2.45, 2.75) is 26.2 Å². The summed E-state index contributed by atoms with van der Waals surface area (Å²) in [5.41, 5.74) is 0.685. The molecular formula is C12H12NO2-. The summed E-state index contributed by atoms with van der Waals surface area (Å²) in [4.78, 5) is 14.3. The lowest BCUT2D eigenvalue weighted by Gasteiger charge is -2.00. The first-order valence-corrected chi connectivity index (χ1v) is 4.89. The van der Waals surface area contributed by atoms with E-state index in [-0.39, 0.29) is 5.56 Å². The van der Waals surface area contributed by atoms with E-state index in [4.69, 9.17) is 0 Å². The number of carbonyl (C=O) groups excluding carboxylic acids is 1. The Balaban J connectivity index is 2.72. The van der Waals surface area contributed by atoms with Gasteiger partial charge in [-0.1, -0.05) is 25.2 Å². The molecule has 3 nitrogen and oxygen atoms in total. The third kappa shape index (κ3) is 3.82. The van der Waals surface area contributed by atoms with E-state index in [1.165, 1.54) is 12.3 Å². The van der Waals surface area contributed by atoms with Crippen molar-refractivity contribution in [1.29, 1.82) is 0 Å². The molecule has 3 heteroatoms. The fraction of sp³-hybridized carbons (Fsp3) is 0.333. The van der Waals surface area contributed by atoms with Gasteiger partial charge >= 0.3 is 0 Å². The van der Waals surface area contributed by atoms with Crippen molar-refractivity contribution in [3.05, 3.63) is 29.6 Å². The summed E-state index contributed by atoms with van der Waals surface area (Å²) < 4.78 is 0. The van der Waals surface area contributed by atoms with Crippen LogP contribution in [0.25, 0.3) is 0 Å². The van der Waals surface area contributed by atoms with Gasteiger partial charge in [0.25, 0.3) is 0 Å². The van der Waals surface area contributed by atoms with E-state index >= 15 is 0 Å². The van der Waals surface area contributed by atoms with Crippen molar-refractivity contribution >= 4 is 5.97 Å². The highest BCUT2D eigenvalue weighted by atomic mass is 16.4. The molecule has 1 aromatic heterocycles. The van der Waals surface area contributed by atoms with Gasteiger partial charge in [-0.25, -0.2) is 0 Å². The minimum absolute atomic E-state index is 0.0669. The number of carboxylic acid groups (broad SMARTS) is 1. The molecule has 0 spiro atoms. The van der Waals surface area contributed by atoms with Gasteiger partial charge in [0, 0.05) is 29.9 Å². The van der Waals surface area contributed by atoms with Crippen LogP contribution in [-0.2, 0) is 0 Å². The smallest absolute Gasteiger partial charge is 0.0731 e. The Morgan fingerprint density at radius 1 is 1.53 bits per heavy atom. The third-order valence-electron chi connectivity index (χ3n) is 1.86. The Bertz CT molecular complexity index is 402. The van der Waals surface area contributed by atoms with Gasteiger partial charge in [-0.05, 0) is 12.5 Å². The maximum Gasteiger partial charge on any atom is 0.0731 e. The van der Waals surface area contributed by atoms with Crippen LogP contribution in [0.5, 0.6) is 0 Å². The van der Waals surface area contributed by atoms with Gasteiger partial charge in [0.15, 0.2) is 0 Å². The topological polar surface area (TPSA) is 53.0 Å². The number of hydrogen-bond acceptors (Lipinski definition) is 3. The first-order chi connectivity index (χ1) is 7.24. The van der Waals surface area contributed by atoms with Crippen LogP contribution in [0.1, 0.15) is 42.1 Å². The van der Waals surface area contributed by atoms with E-state index in [9.17, 15) is 9.90 Å². The van der Waals surface area contributed by atoms with E-state index in [1.54, 1.807) is 6.20 Å². The molecule has 1 rings (SSSR count). The van der Waals surface area contributed by atoms with Crippen LogP contribution in [0.2, 0.25) is 0 Å². The molecule has 0 radical (unpaired) electrons. The summed E-state index contributed by atoms with van der Waals surface area (Å²) in [5.74, 6) is 4.61. The second-order valence-electron chi connectivity index (χ2n) is 3.16. The van der Waals surface area contributed by atoms with Crippen molar-refractivity contribution in [2.24, 2.45) is 0 Å². The Morgan fingerprint density at radius 2 is 2.33 bits per heavy atom. The molecule has 1 heterocycles. The normalized spacial score (nSPS) is 9.13. The number of nitrogens with zero attached hydrogens (tertiary/aromatic N) is 1. The summed E-state index contributed by atoms with van der Waals surface area (Å²) in [6, 6.07) is 1.47. The second-order valence-corrected chi connectivity index (χ2v) is 3.16. The maximum absolute atomic E-state index is 10.5. The van der Waals surface area contributed by atoms with Crippen LogP contribution in [-0.4, -0.2) is 11.0 Å². The number of unbranched alkanes of at least 4 members (excludes halogenated alkanes) is 2. The van der Waals surface area contributed by atoms with Crippen LogP contribution in [0.15, 0.2) is 18.5 Å². The highest BCUT2D eigenvalue weighted by molar-refractivity contribution is 5.85. The molecule has 0 aliphatic heterocycles. The average Bonchev–Trinajstić information content (AvgIpc) is 2.25. The SMILES string of the molecule is CCCCC#Cc1cncc(C(=O)[O-])c1. The van der Waals surface area contributed by atoms with Crippen LogP contribution >= 0.6 is 0 Å². The van der Waals surface area contributed by atoms with Gasteiger partial charge in [-0.15, -0.1) is 0 Å². The fourth-order valence-corrected chi connectivity index (χ4v) is 1.05. The van der Waals surface area contributed by atoms with Crippen molar-refractivity contribution < 1.29 is 9.90 Å². The van der Waals surface area contributed by atoms with Crippen molar-refractivity contribution in [3.8, 4) is 11.8 Å². The van der Waals surface area contributed by atoms with Crippen LogP contribution in [0.3, 0.4) is 0 Å². The number of aromatic nitrogens is 1. The Hall–Kier alpha value is -1.82. The van der Waals surface area contributed by atoms with Crippen molar-refractivity contribution in [1.82, 2.24) is 4.98 Å². The van der Waals surface area contributed by atoms with E-state index < -0.39 is 5.97 Å². The van der Waals surface area contributed by atoms with Gasteiger partial charge in [0.2, 0.25) is 0 Å². The summed E-state index contributed by atoms with van der Waals surface area (Å²) in [6.07, 6.45) is 5.79.